The summed E-state index contributed by atoms with van der Waals surface area (Å²) in [5.41, 5.74) is 4.33. The quantitative estimate of drug-likeness (QED) is 0.373. The third-order valence-electron chi connectivity index (χ3n) is 6.24. The molecule has 3 heterocycles. The zero-order chi connectivity index (χ0) is 24.0. The number of imidazole rings is 1. The van der Waals surface area contributed by atoms with Crippen LogP contribution >= 0.6 is 11.7 Å². The average Bonchev–Trinajstić information content (AvgIpc) is 3.55. The van der Waals surface area contributed by atoms with Crippen molar-refractivity contribution < 1.29 is 13.2 Å². The van der Waals surface area contributed by atoms with E-state index in [1.165, 1.54) is 4.31 Å². The van der Waals surface area contributed by atoms with Gasteiger partial charge in [0.25, 0.3) is 5.91 Å². The molecule has 2 aromatic heterocycles. The van der Waals surface area contributed by atoms with E-state index in [4.69, 9.17) is 0 Å². The third-order valence-corrected chi connectivity index (χ3v) is 8.71. The number of carbonyl (C=O) groups is 1. The van der Waals surface area contributed by atoms with Gasteiger partial charge in [-0.1, -0.05) is 18.2 Å². The van der Waals surface area contributed by atoms with E-state index in [1.807, 2.05) is 41.0 Å². The Morgan fingerprint density at radius 3 is 2.37 bits per heavy atom. The largest absolute Gasteiger partial charge is 0.336 e. The number of benzene rings is 3. The van der Waals surface area contributed by atoms with Gasteiger partial charge in [0.2, 0.25) is 10.0 Å². The fourth-order valence-corrected chi connectivity index (χ4v) is 6.55. The van der Waals surface area contributed by atoms with Gasteiger partial charge in [-0.3, -0.25) is 9.36 Å². The van der Waals surface area contributed by atoms with Gasteiger partial charge in [-0.15, -0.1) is 0 Å². The molecule has 1 aliphatic rings. The molecule has 0 atom stereocenters. The van der Waals surface area contributed by atoms with Crippen LogP contribution in [0.25, 0.3) is 27.8 Å². The molecule has 1 aliphatic heterocycles. The number of nitrogens with zero attached hydrogens (tertiary/aromatic N) is 6. The minimum absolute atomic E-state index is 0.116. The number of fused-ring (bicyclic) bond motifs is 2. The van der Waals surface area contributed by atoms with Gasteiger partial charge in [-0.2, -0.15) is 13.1 Å². The molecule has 0 radical (unpaired) electrons. The molecule has 0 N–H and O–H groups in total. The van der Waals surface area contributed by atoms with Gasteiger partial charge in [0.1, 0.15) is 22.3 Å². The highest BCUT2D eigenvalue weighted by molar-refractivity contribution is 7.89. The van der Waals surface area contributed by atoms with Gasteiger partial charge in [-0.25, -0.2) is 13.4 Å². The first-order valence-corrected chi connectivity index (χ1v) is 13.2. The van der Waals surface area contributed by atoms with E-state index in [9.17, 15) is 13.2 Å². The van der Waals surface area contributed by atoms with Crippen LogP contribution in [-0.2, 0) is 10.0 Å². The van der Waals surface area contributed by atoms with E-state index < -0.39 is 10.0 Å². The molecule has 0 spiro atoms. The summed E-state index contributed by atoms with van der Waals surface area (Å²) in [6, 6.07) is 20.2. The average molecular weight is 505 g/mol. The first kappa shape index (κ1) is 21.8. The lowest BCUT2D eigenvalue weighted by Crippen LogP contribution is -2.50. The van der Waals surface area contributed by atoms with Gasteiger partial charge in [0.05, 0.1) is 22.8 Å². The fourth-order valence-electron chi connectivity index (χ4n) is 4.37. The van der Waals surface area contributed by atoms with E-state index in [0.717, 1.165) is 28.4 Å². The predicted molar refractivity (Wildman–Crippen MR) is 133 cm³/mol. The van der Waals surface area contributed by atoms with Crippen LogP contribution in [-0.4, -0.2) is 68.0 Å². The summed E-state index contributed by atoms with van der Waals surface area (Å²) in [6.45, 7) is 1.08. The lowest BCUT2D eigenvalue weighted by atomic mass is 10.1. The number of para-hydroxylation sites is 2. The number of piperazine rings is 1. The van der Waals surface area contributed by atoms with Gasteiger partial charge in [0, 0.05) is 37.4 Å². The van der Waals surface area contributed by atoms with Crippen LogP contribution in [0.2, 0.25) is 0 Å². The molecule has 1 amide bonds. The van der Waals surface area contributed by atoms with Crippen molar-refractivity contribution in [2.75, 3.05) is 26.2 Å². The number of carbonyl (C=O) groups excluding carboxylic acids is 1. The van der Waals surface area contributed by atoms with Crippen LogP contribution in [0.5, 0.6) is 0 Å². The number of hydrogen-bond donors (Lipinski definition) is 0. The Hall–Kier alpha value is -3.67. The van der Waals surface area contributed by atoms with Crippen molar-refractivity contribution in [2.45, 2.75) is 4.90 Å². The second-order valence-corrected chi connectivity index (χ2v) is 10.7. The minimum atomic E-state index is -3.73. The summed E-state index contributed by atoms with van der Waals surface area (Å²) < 4.78 is 38.2. The summed E-state index contributed by atoms with van der Waals surface area (Å²) in [6.07, 6.45) is 1.77. The molecule has 9 nitrogen and oxygen atoms in total. The number of hydrogen-bond acceptors (Lipinski definition) is 7. The first-order chi connectivity index (χ1) is 17.0. The van der Waals surface area contributed by atoms with Gasteiger partial charge in [0.15, 0.2) is 0 Å². The normalized spacial score (nSPS) is 15.1. The Morgan fingerprint density at radius 2 is 1.57 bits per heavy atom. The van der Waals surface area contributed by atoms with Crippen LogP contribution in [0, 0.1) is 0 Å². The first-order valence-electron chi connectivity index (χ1n) is 11.1. The second kappa shape index (κ2) is 8.52. The van der Waals surface area contributed by atoms with E-state index in [2.05, 4.69) is 13.7 Å². The molecular weight excluding hydrogens is 484 g/mol. The summed E-state index contributed by atoms with van der Waals surface area (Å²) in [7, 11) is -3.73. The van der Waals surface area contributed by atoms with Crippen LogP contribution < -0.4 is 0 Å². The van der Waals surface area contributed by atoms with Crippen molar-refractivity contribution in [3.63, 3.8) is 0 Å². The van der Waals surface area contributed by atoms with E-state index in [1.54, 1.807) is 41.6 Å². The fraction of sp³-hybridized carbons (Fsp3) is 0.167. The van der Waals surface area contributed by atoms with Gasteiger partial charge < -0.3 is 4.90 Å². The molecule has 0 bridgehead atoms. The number of amides is 1. The van der Waals surface area contributed by atoms with Crippen molar-refractivity contribution in [2.24, 2.45) is 0 Å². The molecule has 5 aromatic rings. The Morgan fingerprint density at radius 1 is 0.829 bits per heavy atom. The molecule has 0 unspecified atom stereocenters. The smallest absolute Gasteiger partial charge is 0.253 e. The third kappa shape index (κ3) is 3.77. The lowest BCUT2D eigenvalue weighted by molar-refractivity contribution is 0.0698. The highest BCUT2D eigenvalue weighted by Gasteiger charge is 2.32. The molecule has 3 aromatic carbocycles. The van der Waals surface area contributed by atoms with Crippen LogP contribution in [0.3, 0.4) is 0 Å². The maximum atomic E-state index is 13.2. The SMILES string of the molecule is O=C(c1ccc(-n2cnc3ccccc32)cc1)N1CCN(S(=O)(=O)c2cccc3nsnc23)CC1. The molecule has 35 heavy (non-hydrogen) atoms. The van der Waals surface area contributed by atoms with Crippen molar-refractivity contribution in [1.82, 2.24) is 27.5 Å². The second-order valence-electron chi connectivity index (χ2n) is 8.23. The van der Waals surface area contributed by atoms with Crippen molar-refractivity contribution >= 4 is 49.7 Å². The standard InChI is InChI=1S/C24H20N6O3S2/c31-24(17-8-10-18(11-9-17)30-16-25-19-4-1-2-6-21(19)30)28-12-14-29(15-13-28)35(32,33)22-7-3-5-20-23(22)27-34-26-20/h1-11,16H,12-15H2. The molecule has 6 rings (SSSR count). The Kier molecular flexibility index (Phi) is 5.32. The van der Waals surface area contributed by atoms with Crippen LogP contribution in [0.15, 0.2) is 78.0 Å². The zero-order valence-electron chi connectivity index (χ0n) is 18.5. The Bertz CT molecular complexity index is 1650. The summed E-state index contributed by atoms with van der Waals surface area (Å²) in [4.78, 5) is 19.4. The maximum Gasteiger partial charge on any atom is 0.253 e. The van der Waals surface area contributed by atoms with E-state index in [-0.39, 0.29) is 23.9 Å². The van der Waals surface area contributed by atoms with Crippen molar-refractivity contribution in [1.29, 1.82) is 0 Å². The minimum Gasteiger partial charge on any atom is -0.336 e. The zero-order valence-corrected chi connectivity index (χ0v) is 20.1. The number of aromatic nitrogens is 4. The maximum absolute atomic E-state index is 13.2. The predicted octanol–water partition coefficient (Wildman–Crippen LogP) is 3.18. The topological polar surface area (TPSA) is 101 Å². The van der Waals surface area contributed by atoms with E-state index in [0.29, 0.717) is 29.7 Å². The Labute approximate surface area is 205 Å². The lowest BCUT2D eigenvalue weighted by Gasteiger charge is -2.34. The van der Waals surface area contributed by atoms with Gasteiger partial charge in [-0.05, 0) is 48.5 Å². The summed E-state index contributed by atoms with van der Waals surface area (Å²) in [5, 5.41) is 0. The van der Waals surface area contributed by atoms with Crippen LogP contribution in [0.4, 0.5) is 0 Å². The molecule has 0 aliphatic carbocycles. The molecule has 176 valence electrons. The van der Waals surface area contributed by atoms with Crippen LogP contribution in [0.1, 0.15) is 10.4 Å². The monoisotopic (exact) mass is 504 g/mol. The van der Waals surface area contributed by atoms with E-state index >= 15 is 0 Å². The molecule has 1 fully saturated rings. The number of rotatable bonds is 4. The highest BCUT2D eigenvalue weighted by Crippen LogP contribution is 2.25. The highest BCUT2D eigenvalue weighted by atomic mass is 32.2. The molecule has 11 heteroatoms. The molecule has 0 saturated carbocycles. The summed E-state index contributed by atoms with van der Waals surface area (Å²) in [5.74, 6) is -0.116. The van der Waals surface area contributed by atoms with Crippen molar-refractivity contribution in [3.8, 4) is 5.69 Å². The molecular formula is C24H20N6O3S2. The summed E-state index contributed by atoms with van der Waals surface area (Å²) >= 11 is 0.991. The van der Waals surface area contributed by atoms with Crippen molar-refractivity contribution in [3.05, 3.63) is 78.6 Å². The molecule has 1 saturated heterocycles. The Balaban J connectivity index is 1.16. The number of sulfonamides is 1. The van der Waals surface area contributed by atoms with Gasteiger partial charge >= 0.3 is 0 Å².